The summed E-state index contributed by atoms with van der Waals surface area (Å²) >= 11 is 0. The smallest absolute Gasteiger partial charge is 0.319 e. The first-order chi connectivity index (χ1) is 11.6. The molecule has 0 spiro atoms. The number of hydrogen-bond donors (Lipinski definition) is 2. The van der Waals surface area contributed by atoms with Crippen LogP contribution in [0.2, 0.25) is 0 Å². The number of likely N-dealkylation sites (tertiary alicyclic amines) is 1. The average molecular weight is 333 g/mol. The molecule has 0 radical (unpaired) electrons. The summed E-state index contributed by atoms with van der Waals surface area (Å²) in [6, 6.07) is 7.69. The average Bonchev–Trinajstić information content (AvgIpc) is 2.56. The number of hydrogen-bond acceptors (Lipinski definition) is 3. The van der Waals surface area contributed by atoms with Crippen LogP contribution in [0.1, 0.15) is 40.0 Å². The number of amides is 2. The number of para-hydroxylation sites is 2. The number of urea groups is 1. The second-order valence-corrected chi connectivity index (χ2v) is 6.92. The molecule has 134 valence electrons. The zero-order chi connectivity index (χ0) is 17.4. The highest BCUT2D eigenvalue weighted by atomic mass is 16.5. The Morgan fingerprint density at radius 3 is 2.67 bits per heavy atom. The number of carbonyl (C=O) groups is 1. The summed E-state index contributed by atoms with van der Waals surface area (Å²) < 4.78 is 5.78. The Labute approximate surface area is 145 Å². The summed E-state index contributed by atoms with van der Waals surface area (Å²) in [7, 11) is 0. The molecule has 5 heteroatoms. The minimum atomic E-state index is -0.149. The number of piperidine rings is 1. The predicted molar refractivity (Wildman–Crippen MR) is 98.7 cm³/mol. The predicted octanol–water partition coefficient (Wildman–Crippen LogP) is 3.72. The van der Waals surface area contributed by atoms with Gasteiger partial charge in [-0.15, -0.1) is 0 Å². The van der Waals surface area contributed by atoms with E-state index in [0.717, 1.165) is 43.9 Å². The number of benzene rings is 1. The molecule has 2 rings (SSSR count). The molecule has 24 heavy (non-hydrogen) atoms. The molecule has 0 bridgehead atoms. The third-order valence-corrected chi connectivity index (χ3v) is 4.17. The number of nitrogens with one attached hydrogen (secondary N) is 2. The van der Waals surface area contributed by atoms with E-state index >= 15 is 0 Å². The highest BCUT2D eigenvalue weighted by molar-refractivity contribution is 5.91. The van der Waals surface area contributed by atoms with Gasteiger partial charge >= 0.3 is 6.03 Å². The first-order valence-electron chi connectivity index (χ1n) is 9.10. The molecule has 1 fully saturated rings. The SMILES string of the molecule is CCCN1CCC(NC(=O)Nc2ccccc2OCC(C)C)CC1. The summed E-state index contributed by atoms with van der Waals surface area (Å²) in [5.74, 6) is 1.17. The quantitative estimate of drug-likeness (QED) is 0.799. The van der Waals surface area contributed by atoms with Crippen LogP contribution in [0, 0.1) is 5.92 Å². The Bertz CT molecular complexity index is 511. The van der Waals surface area contributed by atoms with Gasteiger partial charge in [-0.3, -0.25) is 0 Å². The van der Waals surface area contributed by atoms with Gasteiger partial charge in [0.05, 0.1) is 12.3 Å². The third kappa shape index (κ3) is 6.04. The molecule has 1 aromatic carbocycles. The van der Waals surface area contributed by atoms with Gasteiger partial charge in [-0.1, -0.05) is 32.9 Å². The van der Waals surface area contributed by atoms with Crippen molar-refractivity contribution in [1.29, 1.82) is 0 Å². The van der Waals surface area contributed by atoms with Crippen molar-refractivity contribution in [3.05, 3.63) is 24.3 Å². The van der Waals surface area contributed by atoms with Gasteiger partial charge in [0.2, 0.25) is 0 Å². The van der Waals surface area contributed by atoms with Gasteiger partial charge in [0, 0.05) is 19.1 Å². The second kappa shape index (κ2) is 9.52. The van der Waals surface area contributed by atoms with Crippen LogP contribution in [0.5, 0.6) is 5.75 Å². The molecule has 0 aromatic heterocycles. The lowest BCUT2D eigenvalue weighted by Gasteiger charge is -2.32. The van der Waals surface area contributed by atoms with Crippen LogP contribution in [-0.2, 0) is 0 Å². The summed E-state index contributed by atoms with van der Waals surface area (Å²) in [6.45, 7) is 10.3. The van der Waals surface area contributed by atoms with Crippen LogP contribution in [0.4, 0.5) is 10.5 Å². The van der Waals surface area contributed by atoms with Crippen LogP contribution in [0.15, 0.2) is 24.3 Å². The summed E-state index contributed by atoms with van der Waals surface area (Å²) in [6.07, 6.45) is 3.21. The molecule has 5 nitrogen and oxygen atoms in total. The molecule has 0 atom stereocenters. The zero-order valence-corrected chi connectivity index (χ0v) is 15.2. The van der Waals surface area contributed by atoms with Gasteiger partial charge in [0.15, 0.2) is 0 Å². The number of carbonyl (C=O) groups excluding carboxylic acids is 1. The number of ether oxygens (including phenoxy) is 1. The van der Waals surface area contributed by atoms with Crippen LogP contribution >= 0.6 is 0 Å². The minimum absolute atomic E-state index is 0.149. The van der Waals surface area contributed by atoms with E-state index in [1.165, 1.54) is 6.42 Å². The zero-order valence-electron chi connectivity index (χ0n) is 15.2. The van der Waals surface area contributed by atoms with Crippen molar-refractivity contribution in [2.24, 2.45) is 5.92 Å². The van der Waals surface area contributed by atoms with Crippen molar-refractivity contribution in [3.8, 4) is 5.75 Å². The lowest BCUT2D eigenvalue weighted by Crippen LogP contribution is -2.46. The van der Waals surface area contributed by atoms with Gasteiger partial charge in [0.25, 0.3) is 0 Å². The largest absolute Gasteiger partial charge is 0.491 e. The van der Waals surface area contributed by atoms with Crippen LogP contribution < -0.4 is 15.4 Å². The maximum atomic E-state index is 12.3. The summed E-state index contributed by atoms with van der Waals surface area (Å²) in [5, 5.41) is 6.02. The molecule has 1 saturated heterocycles. The molecule has 0 aliphatic carbocycles. The van der Waals surface area contributed by atoms with E-state index in [2.05, 4.69) is 36.3 Å². The van der Waals surface area contributed by atoms with Crippen molar-refractivity contribution in [1.82, 2.24) is 10.2 Å². The monoisotopic (exact) mass is 333 g/mol. The van der Waals surface area contributed by atoms with Crippen molar-refractivity contribution in [2.45, 2.75) is 46.1 Å². The molecule has 1 aromatic rings. The van der Waals surface area contributed by atoms with Gasteiger partial charge in [-0.25, -0.2) is 4.79 Å². The first kappa shape index (κ1) is 18.6. The van der Waals surface area contributed by atoms with Crippen LogP contribution in [0.3, 0.4) is 0 Å². The molecular weight excluding hydrogens is 302 g/mol. The third-order valence-electron chi connectivity index (χ3n) is 4.17. The Balaban J connectivity index is 1.82. The van der Waals surface area contributed by atoms with Crippen molar-refractivity contribution in [3.63, 3.8) is 0 Å². The molecule has 1 aliphatic heterocycles. The van der Waals surface area contributed by atoms with E-state index in [4.69, 9.17) is 4.74 Å². The fourth-order valence-corrected chi connectivity index (χ4v) is 2.91. The Morgan fingerprint density at radius 1 is 1.29 bits per heavy atom. The Morgan fingerprint density at radius 2 is 2.00 bits per heavy atom. The number of rotatable bonds is 7. The Kier molecular flexibility index (Phi) is 7.37. The summed E-state index contributed by atoms with van der Waals surface area (Å²) in [4.78, 5) is 14.8. The van der Waals surface area contributed by atoms with E-state index in [0.29, 0.717) is 12.5 Å². The van der Waals surface area contributed by atoms with E-state index in [9.17, 15) is 4.79 Å². The van der Waals surface area contributed by atoms with E-state index in [1.807, 2.05) is 24.3 Å². The van der Waals surface area contributed by atoms with Gasteiger partial charge < -0.3 is 20.3 Å². The van der Waals surface area contributed by atoms with Crippen molar-refractivity contribution in [2.75, 3.05) is 31.6 Å². The topological polar surface area (TPSA) is 53.6 Å². The van der Waals surface area contributed by atoms with Gasteiger partial charge in [0.1, 0.15) is 5.75 Å². The first-order valence-corrected chi connectivity index (χ1v) is 9.10. The molecule has 0 unspecified atom stereocenters. The molecular formula is C19H31N3O2. The lowest BCUT2D eigenvalue weighted by atomic mass is 10.1. The van der Waals surface area contributed by atoms with Crippen molar-refractivity contribution >= 4 is 11.7 Å². The van der Waals surface area contributed by atoms with Crippen LogP contribution in [0.25, 0.3) is 0 Å². The normalized spacial score (nSPS) is 16.2. The molecule has 2 N–H and O–H groups in total. The molecule has 2 amide bonds. The summed E-state index contributed by atoms with van der Waals surface area (Å²) in [5.41, 5.74) is 0.721. The van der Waals surface area contributed by atoms with Crippen LogP contribution in [-0.4, -0.2) is 43.2 Å². The number of nitrogens with zero attached hydrogens (tertiary/aromatic N) is 1. The van der Waals surface area contributed by atoms with Gasteiger partial charge in [-0.05, 0) is 43.9 Å². The van der Waals surface area contributed by atoms with E-state index in [-0.39, 0.29) is 12.1 Å². The fraction of sp³-hybridized carbons (Fsp3) is 0.632. The van der Waals surface area contributed by atoms with E-state index < -0.39 is 0 Å². The highest BCUT2D eigenvalue weighted by Crippen LogP contribution is 2.24. The highest BCUT2D eigenvalue weighted by Gasteiger charge is 2.20. The number of anilines is 1. The lowest BCUT2D eigenvalue weighted by molar-refractivity contribution is 0.196. The second-order valence-electron chi connectivity index (χ2n) is 6.92. The van der Waals surface area contributed by atoms with E-state index in [1.54, 1.807) is 0 Å². The maximum Gasteiger partial charge on any atom is 0.319 e. The molecule has 1 heterocycles. The fourth-order valence-electron chi connectivity index (χ4n) is 2.91. The molecule has 1 aliphatic rings. The maximum absolute atomic E-state index is 12.3. The standard InChI is InChI=1S/C19H31N3O2/c1-4-11-22-12-9-16(10-13-22)20-19(23)21-17-7-5-6-8-18(17)24-14-15(2)3/h5-8,15-16H,4,9-14H2,1-3H3,(H2,20,21,23). The molecule has 0 saturated carbocycles. The minimum Gasteiger partial charge on any atom is -0.491 e. The van der Waals surface area contributed by atoms with Gasteiger partial charge in [-0.2, -0.15) is 0 Å². The van der Waals surface area contributed by atoms with Crippen molar-refractivity contribution < 1.29 is 9.53 Å². The Hall–Kier alpha value is -1.75.